The molecule has 98 valence electrons. The van der Waals surface area contributed by atoms with E-state index in [0.717, 1.165) is 4.57 Å². The van der Waals surface area contributed by atoms with Crippen molar-refractivity contribution in [1.29, 1.82) is 0 Å². The summed E-state index contributed by atoms with van der Waals surface area (Å²) in [4.78, 5) is 24.7. The lowest BCUT2D eigenvalue weighted by atomic mass is 10.0. The summed E-state index contributed by atoms with van der Waals surface area (Å²) in [6.07, 6.45) is -1.33. The Balaban J connectivity index is 2.01. The van der Waals surface area contributed by atoms with E-state index in [1.807, 2.05) is 0 Å². The Morgan fingerprint density at radius 3 is 2.94 bits per heavy atom. The molecule has 3 rings (SSSR count). The van der Waals surface area contributed by atoms with Gasteiger partial charge in [0.25, 0.3) is 5.56 Å². The Morgan fingerprint density at radius 1 is 1.56 bits per heavy atom. The average Bonchev–Trinajstić information content (AvgIpc) is 2.81. The minimum absolute atomic E-state index is 0.0734. The normalized spacial score (nSPS) is 38.2. The fourth-order valence-corrected chi connectivity index (χ4v) is 2.38. The number of nitrogens with one attached hydrogen (secondary N) is 1. The molecule has 1 unspecified atom stereocenters. The molecule has 0 spiro atoms. The molecule has 1 aromatic rings. The number of aromatic nitrogens is 2. The average molecular weight is 256 g/mol. The summed E-state index contributed by atoms with van der Waals surface area (Å²) in [6, 6.07) is 1.18. The van der Waals surface area contributed by atoms with Crippen molar-refractivity contribution in [3.8, 4) is 0 Å². The van der Waals surface area contributed by atoms with Crippen molar-refractivity contribution in [2.75, 3.05) is 13.2 Å². The predicted molar refractivity (Wildman–Crippen MR) is 57.0 cm³/mol. The van der Waals surface area contributed by atoms with Crippen LogP contribution in [0.15, 0.2) is 21.9 Å². The van der Waals surface area contributed by atoms with Gasteiger partial charge in [-0.1, -0.05) is 0 Å². The third-order valence-corrected chi connectivity index (χ3v) is 3.40. The Morgan fingerprint density at radius 2 is 2.33 bits per heavy atom. The maximum Gasteiger partial charge on any atom is 0.330 e. The lowest BCUT2D eigenvalue weighted by Gasteiger charge is -2.29. The fourth-order valence-electron chi connectivity index (χ4n) is 2.38. The van der Waals surface area contributed by atoms with Crippen LogP contribution in [0, 0.1) is 0 Å². The molecule has 2 aliphatic heterocycles. The molecule has 3 heterocycles. The van der Waals surface area contributed by atoms with Crippen LogP contribution in [0.3, 0.4) is 0 Å². The van der Waals surface area contributed by atoms with Gasteiger partial charge in [-0.3, -0.25) is 14.3 Å². The van der Waals surface area contributed by atoms with E-state index in [1.165, 1.54) is 12.3 Å². The fraction of sp³-hybridized carbons (Fsp3) is 0.600. The molecule has 8 heteroatoms. The number of rotatable bonds is 2. The van der Waals surface area contributed by atoms with Crippen molar-refractivity contribution < 1.29 is 19.7 Å². The Bertz CT molecular complexity index is 580. The van der Waals surface area contributed by atoms with E-state index >= 15 is 0 Å². The van der Waals surface area contributed by atoms with Gasteiger partial charge in [0, 0.05) is 12.3 Å². The second kappa shape index (κ2) is 3.75. The zero-order valence-corrected chi connectivity index (χ0v) is 9.28. The van der Waals surface area contributed by atoms with Crippen molar-refractivity contribution in [2.45, 2.75) is 24.0 Å². The van der Waals surface area contributed by atoms with Gasteiger partial charge in [-0.05, 0) is 0 Å². The van der Waals surface area contributed by atoms with Crippen LogP contribution in [0.5, 0.6) is 0 Å². The van der Waals surface area contributed by atoms with Gasteiger partial charge in [0.1, 0.15) is 17.8 Å². The highest BCUT2D eigenvalue weighted by atomic mass is 16.7. The van der Waals surface area contributed by atoms with Gasteiger partial charge in [-0.25, -0.2) is 4.79 Å². The van der Waals surface area contributed by atoms with Crippen LogP contribution in [-0.2, 0) is 9.47 Å². The first-order valence-electron chi connectivity index (χ1n) is 5.47. The van der Waals surface area contributed by atoms with E-state index in [0.29, 0.717) is 0 Å². The van der Waals surface area contributed by atoms with Gasteiger partial charge in [0.05, 0.1) is 13.2 Å². The molecule has 0 saturated carbocycles. The first-order valence-corrected chi connectivity index (χ1v) is 5.47. The quantitative estimate of drug-likeness (QED) is 0.541. The van der Waals surface area contributed by atoms with Gasteiger partial charge < -0.3 is 19.7 Å². The maximum absolute atomic E-state index is 11.6. The van der Waals surface area contributed by atoms with Crippen LogP contribution in [0.4, 0.5) is 0 Å². The standard InChI is InChI=1S/C10H12N2O6/c13-3-10-4-17-6(7(10)15)8(18-10)12-2-1-5(14)11-9(12)16/h1-2,6-8,13,15H,3-4H2,(H,11,14,16)/t6?,7-,8-,10-/m1/s1. The number of hydrogen-bond acceptors (Lipinski definition) is 6. The molecule has 8 nitrogen and oxygen atoms in total. The summed E-state index contributed by atoms with van der Waals surface area (Å²) in [5.74, 6) is 0. The van der Waals surface area contributed by atoms with E-state index in [2.05, 4.69) is 4.98 Å². The molecular weight excluding hydrogens is 244 g/mol. The van der Waals surface area contributed by atoms with Gasteiger partial charge >= 0.3 is 5.69 Å². The molecule has 2 fully saturated rings. The summed E-state index contributed by atoms with van der Waals surface area (Å²) in [6.45, 7) is -0.330. The van der Waals surface area contributed by atoms with Gasteiger partial charge in [0.2, 0.25) is 0 Å². The van der Waals surface area contributed by atoms with Crippen molar-refractivity contribution in [3.63, 3.8) is 0 Å². The maximum atomic E-state index is 11.6. The van der Waals surface area contributed by atoms with E-state index in [-0.39, 0.29) is 6.61 Å². The first kappa shape index (κ1) is 11.6. The van der Waals surface area contributed by atoms with Crippen molar-refractivity contribution in [3.05, 3.63) is 33.1 Å². The number of nitrogens with zero attached hydrogens (tertiary/aromatic N) is 1. The van der Waals surface area contributed by atoms with E-state index in [9.17, 15) is 19.8 Å². The lowest BCUT2D eigenvalue weighted by Crippen LogP contribution is -2.44. The minimum atomic E-state index is -1.19. The highest BCUT2D eigenvalue weighted by Gasteiger charge is 2.61. The molecule has 4 atom stereocenters. The lowest BCUT2D eigenvalue weighted by molar-refractivity contribution is -0.187. The number of aliphatic hydroxyl groups is 2. The van der Waals surface area contributed by atoms with E-state index in [1.54, 1.807) is 0 Å². The predicted octanol–water partition coefficient (Wildman–Crippen LogP) is -2.44. The van der Waals surface area contributed by atoms with Gasteiger partial charge in [-0.15, -0.1) is 0 Å². The monoisotopic (exact) mass is 256 g/mol. The first-order chi connectivity index (χ1) is 8.57. The Labute approximate surface area is 100 Å². The van der Waals surface area contributed by atoms with Crippen molar-refractivity contribution >= 4 is 0 Å². The SMILES string of the molecule is O=c1ccn([C@@H]2O[C@]3(CO)COC2[C@H]3O)c(=O)[nH]1. The van der Waals surface area contributed by atoms with Gasteiger partial charge in [-0.2, -0.15) is 0 Å². The Kier molecular flexibility index (Phi) is 2.42. The molecule has 3 N–H and O–H groups in total. The second-order valence-corrected chi connectivity index (χ2v) is 4.47. The van der Waals surface area contributed by atoms with Crippen molar-refractivity contribution in [2.24, 2.45) is 0 Å². The summed E-state index contributed by atoms with van der Waals surface area (Å²) >= 11 is 0. The summed E-state index contributed by atoms with van der Waals surface area (Å²) in [5, 5.41) is 19.2. The molecule has 1 aromatic heterocycles. The second-order valence-electron chi connectivity index (χ2n) is 4.47. The zero-order chi connectivity index (χ0) is 12.9. The molecular formula is C10H12N2O6. The molecule has 2 aliphatic rings. The van der Waals surface area contributed by atoms with Crippen LogP contribution in [0.2, 0.25) is 0 Å². The van der Waals surface area contributed by atoms with Crippen LogP contribution in [0.1, 0.15) is 6.23 Å². The number of ether oxygens (including phenoxy) is 2. The van der Waals surface area contributed by atoms with Crippen molar-refractivity contribution in [1.82, 2.24) is 9.55 Å². The topological polar surface area (TPSA) is 114 Å². The summed E-state index contributed by atoms with van der Waals surface area (Å²) in [7, 11) is 0. The molecule has 0 aliphatic carbocycles. The summed E-state index contributed by atoms with van der Waals surface area (Å²) < 4.78 is 12.0. The van der Waals surface area contributed by atoms with Crippen LogP contribution in [-0.4, -0.2) is 50.8 Å². The largest absolute Gasteiger partial charge is 0.393 e. The van der Waals surface area contributed by atoms with Crippen LogP contribution in [0.25, 0.3) is 0 Å². The van der Waals surface area contributed by atoms with Crippen LogP contribution >= 0.6 is 0 Å². The number of H-pyrrole nitrogens is 1. The third-order valence-electron chi connectivity index (χ3n) is 3.40. The number of aromatic amines is 1. The number of hydrogen-bond donors (Lipinski definition) is 3. The molecule has 18 heavy (non-hydrogen) atoms. The molecule has 2 saturated heterocycles. The number of fused-ring (bicyclic) bond motifs is 2. The zero-order valence-electron chi connectivity index (χ0n) is 9.28. The minimum Gasteiger partial charge on any atom is -0.393 e. The smallest absolute Gasteiger partial charge is 0.330 e. The molecule has 0 radical (unpaired) electrons. The molecule has 2 bridgehead atoms. The highest BCUT2D eigenvalue weighted by molar-refractivity contribution is 5.07. The number of aliphatic hydroxyl groups excluding tert-OH is 2. The molecule has 0 aromatic carbocycles. The molecule has 0 amide bonds. The van der Waals surface area contributed by atoms with Crippen LogP contribution < -0.4 is 11.2 Å². The Hall–Kier alpha value is -1.48. The van der Waals surface area contributed by atoms with E-state index in [4.69, 9.17) is 9.47 Å². The summed E-state index contributed by atoms with van der Waals surface area (Å²) in [5.41, 5.74) is -2.35. The third kappa shape index (κ3) is 1.40. The van der Waals surface area contributed by atoms with Gasteiger partial charge in [0.15, 0.2) is 6.23 Å². The highest BCUT2D eigenvalue weighted by Crippen LogP contribution is 2.43. The van der Waals surface area contributed by atoms with E-state index < -0.39 is 41.9 Å².